The lowest BCUT2D eigenvalue weighted by molar-refractivity contribution is -0.113. The first-order chi connectivity index (χ1) is 6.63. The van der Waals surface area contributed by atoms with Crippen molar-refractivity contribution < 1.29 is 9.53 Å². The summed E-state index contributed by atoms with van der Waals surface area (Å²) >= 11 is 0. The third-order valence-corrected chi connectivity index (χ3v) is 1.69. The number of amides is 1. The Balaban J connectivity index is 2.91. The van der Waals surface area contributed by atoms with Crippen molar-refractivity contribution in [3.63, 3.8) is 0 Å². The average Bonchev–Trinajstić information content (AvgIpc) is 2.15. The number of nitrogens with two attached hydrogens (primary N) is 2. The van der Waals surface area contributed by atoms with Gasteiger partial charge in [-0.25, -0.2) is 0 Å². The summed E-state index contributed by atoms with van der Waals surface area (Å²) in [5.41, 5.74) is 12.0. The summed E-state index contributed by atoms with van der Waals surface area (Å²) in [5, 5.41) is 0. The zero-order valence-electron chi connectivity index (χ0n) is 7.86. The lowest BCUT2D eigenvalue weighted by atomic mass is 10.2. The molecule has 0 radical (unpaired) electrons. The Hall–Kier alpha value is -1.97. The highest BCUT2D eigenvalue weighted by Crippen LogP contribution is 2.22. The van der Waals surface area contributed by atoms with Gasteiger partial charge in [-0.2, -0.15) is 0 Å². The molecule has 1 aromatic carbocycles. The van der Waals surface area contributed by atoms with Crippen LogP contribution >= 0.6 is 0 Å². The quantitative estimate of drug-likeness (QED) is 0.548. The number of benzene rings is 1. The first-order valence-electron chi connectivity index (χ1n) is 4.04. The molecule has 0 aliphatic rings. The van der Waals surface area contributed by atoms with Gasteiger partial charge in [0.25, 0.3) is 0 Å². The van der Waals surface area contributed by atoms with Crippen molar-refractivity contribution in [1.29, 1.82) is 0 Å². The smallest absolute Gasteiger partial charge is 0.241 e. The van der Waals surface area contributed by atoms with Crippen LogP contribution in [-0.4, -0.2) is 13.0 Å². The number of hydrogen-bond acceptors (Lipinski definition) is 3. The fourth-order valence-electron chi connectivity index (χ4n) is 1.03. The van der Waals surface area contributed by atoms with Gasteiger partial charge in [-0.1, -0.05) is 6.07 Å². The fraction of sp³-hybridized carbons (Fsp3) is 0.100. The lowest BCUT2D eigenvalue weighted by Crippen LogP contribution is -2.05. The summed E-state index contributed by atoms with van der Waals surface area (Å²) in [6.07, 6.45) is 2.87. The van der Waals surface area contributed by atoms with Crippen molar-refractivity contribution in [3.8, 4) is 5.75 Å². The van der Waals surface area contributed by atoms with Crippen LogP contribution in [0.1, 0.15) is 5.56 Å². The van der Waals surface area contributed by atoms with Crippen LogP contribution in [0.5, 0.6) is 5.75 Å². The molecule has 0 fully saturated rings. The number of hydrogen-bond donors (Lipinski definition) is 2. The van der Waals surface area contributed by atoms with Crippen LogP contribution in [0, 0.1) is 0 Å². The molecule has 0 heterocycles. The number of anilines is 1. The van der Waals surface area contributed by atoms with Crippen LogP contribution in [-0.2, 0) is 4.79 Å². The summed E-state index contributed by atoms with van der Waals surface area (Å²) in [6, 6.07) is 5.23. The minimum Gasteiger partial charge on any atom is -0.495 e. The second kappa shape index (κ2) is 4.32. The molecule has 4 N–H and O–H groups in total. The van der Waals surface area contributed by atoms with Crippen LogP contribution < -0.4 is 16.2 Å². The molecule has 1 rings (SSSR count). The molecule has 0 spiro atoms. The van der Waals surface area contributed by atoms with Crippen LogP contribution in [0.2, 0.25) is 0 Å². The Kier molecular flexibility index (Phi) is 3.12. The Morgan fingerprint density at radius 2 is 2.21 bits per heavy atom. The van der Waals surface area contributed by atoms with E-state index in [9.17, 15) is 4.79 Å². The minimum absolute atomic E-state index is 0.487. The van der Waals surface area contributed by atoms with Gasteiger partial charge in [0, 0.05) is 6.08 Å². The molecular formula is C10H12N2O2. The van der Waals surface area contributed by atoms with Crippen LogP contribution in [0.25, 0.3) is 6.08 Å². The second-order valence-corrected chi connectivity index (χ2v) is 2.74. The Morgan fingerprint density at radius 3 is 2.71 bits per heavy atom. The molecule has 0 aromatic heterocycles. The molecule has 1 amide bonds. The molecule has 0 saturated heterocycles. The highest BCUT2D eigenvalue weighted by molar-refractivity contribution is 5.90. The SMILES string of the molecule is COc1ccc(C=CC(N)=O)cc1N. The van der Waals surface area contributed by atoms with Crippen molar-refractivity contribution in [3.05, 3.63) is 29.8 Å². The molecule has 1 aromatic rings. The molecule has 0 bridgehead atoms. The number of ether oxygens (including phenoxy) is 1. The van der Waals surface area contributed by atoms with Crippen molar-refractivity contribution in [2.24, 2.45) is 5.73 Å². The molecular weight excluding hydrogens is 180 g/mol. The molecule has 4 nitrogen and oxygen atoms in total. The summed E-state index contributed by atoms with van der Waals surface area (Å²) < 4.78 is 4.98. The number of nitrogen functional groups attached to an aromatic ring is 1. The molecule has 0 unspecified atom stereocenters. The molecule has 14 heavy (non-hydrogen) atoms. The number of methoxy groups -OCH3 is 1. The van der Waals surface area contributed by atoms with E-state index in [2.05, 4.69) is 0 Å². The number of carbonyl (C=O) groups excluding carboxylic acids is 1. The van der Waals surface area contributed by atoms with E-state index in [1.807, 2.05) is 0 Å². The molecule has 4 heteroatoms. The largest absolute Gasteiger partial charge is 0.495 e. The first-order valence-corrected chi connectivity index (χ1v) is 4.04. The predicted octanol–water partition coefficient (Wildman–Crippen LogP) is 0.776. The standard InChI is InChI=1S/C10H12N2O2/c1-14-9-4-2-7(6-8(9)11)3-5-10(12)13/h2-6H,11H2,1H3,(H2,12,13). The third kappa shape index (κ3) is 2.52. The number of carbonyl (C=O) groups is 1. The zero-order valence-corrected chi connectivity index (χ0v) is 7.86. The van der Waals surface area contributed by atoms with Crippen molar-refractivity contribution >= 4 is 17.7 Å². The number of rotatable bonds is 3. The summed E-state index contributed by atoms with van der Waals surface area (Å²) in [5.74, 6) is 0.126. The predicted molar refractivity (Wildman–Crippen MR) is 55.6 cm³/mol. The highest BCUT2D eigenvalue weighted by Gasteiger charge is 1.98. The first kappa shape index (κ1) is 10.1. The van der Waals surface area contributed by atoms with E-state index in [4.69, 9.17) is 16.2 Å². The van der Waals surface area contributed by atoms with Gasteiger partial charge in [0.05, 0.1) is 12.8 Å². The number of primary amides is 1. The van der Waals surface area contributed by atoms with E-state index in [1.165, 1.54) is 6.08 Å². The summed E-state index contributed by atoms with van der Waals surface area (Å²) in [6.45, 7) is 0. The molecule has 0 saturated carbocycles. The van der Waals surface area contributed by atoms with Crippen LogP contribution in [0.4, 0.5) is 5.69 Å². The van der Waals surface area contributed by atoms with E-state index < -0.39 is 5.91 Å². The van der Waals surface area contributed by atoms with Gasteiger partial charge in [-0.05, 0) is 23.8 Å². The molecule has 74 valence electrons. The maximum atomic E-state index is 10.5. The highest BCUT2D eigenvalue weighted by atomic mass is 16.5. The van der Waals surface area contributed by atoms with Crippen molar-refractivity contribution in [2.45, 2.75) is 0 Å². The van der Waals surface area contributed by atoms with Crippen molar-refractivity contribution in [2.75, 3.05) is 12.8 Å². The van der Waals surface area contributed by atoms with Gasteiger partial charge in [0.15, 0.2) is 0 Å². The van der Waals surface area contributed by atoms with Gasteiger partial charge < -0.3 is 16.2 Å². The van der Waals surface area contributed by atoms with E-state index in [0.29, 0.717) is 11.4 Å². The van der Waals surface area contributed by atoms with Gasteiger partial charge in [-0.3, -0.25) is 4.79 Å². The topological polar surface area (TPSA) is 78.3 Å². The Labute approximate surface area is 82.2 Å². The average molecular weight is 192 g/mol. The lowest BCUT2D eigenvalue weighted by Gasteiger charge is -2.04. The second-order valence-electron chi connectivity index (χ2n) is 2.74. The van der Waals surface area contributed by atoms with Gasteiger partial charge >= 0.3 is 0 Å². The van der Waals surface area contributed by atoms with Crippen LogP contribution in [0.15, 0.2) is 24.3 Å². The van der Waals surface area contributed by atoms with Crippen LogP contribution in [0.3, 0.4) is 0 Å². The van der Waals surface area contributed by atoms with Gasteiger partial charge in [0.1, 0.15) is 5.75 Å². The molecule has 0 aliphatic heterocycles. The van der Waals surface area contributed by atoms with Crippen molar-refractivity contribution in [1.82, 2.24) is 0 Å². The van der Waals surface area contributed by atoms with E-state index in [-0.39, 0.29) is 0 Å². The maximum absolute atomic E-state index is 10.5. The third-order valence-electron chi connectivity index (χ3n) is 1.69. The van der Waals surface area contributed by atoms with E-state index >= 15 is 0 Å². The normalized spacial score (nSPS) is 10.4. The van der Waals surface area contributed by atoms with E-state index in [1.54, 1.807) is 31.4 Å². The molecule has 0 atom stereocenters. The van der Waals surface area contributed by atoms with Gasteiger partial charge in [-0.15, -0.1) is 0 Å². The maximum Gasteiger partial charge on any atom is 0.241 e. The summed E-state index contributed by atoms with van der Waals surface area (Å²) in [4.78, 5) is 10.5. The Morgan fingerprint density at radius 1 is 1.50 bits per heavy atom. The monoisotopic (exact) mass is 192 g/mol. The fourth-order valence-corrected chi connectivity index (χ4v) is 1.03. The Bertz CT molecular complexity index is 372. The van der Waals surface area contributed by atoms with Gasteiger partial charge in [0.2, 0.25) is 5.91 Å². The molecule has 0 aliphatic carbocycles. The minimum atomic E-state index is -0.487. The van der Waals surface area contributed by atoms with E-state index in [0.717, 1.165) is 5.56 Å². The summed E-state index contributed by atoms with van der Waals surface area (Å²) in [7, 11) is 1.55. The zero-order chi connectivity index (χ0) is 10.6.